The molecule has 1 aliphatic heterocycles. The molecule has 1 saturated heterocycles. The summed E-state index contributed by atoms with van der Waals surface area (Å²) in [6.07, 6.45) is 4.36. The Labute approximate surface area is 50.9 Å². The molecule has 0 spiro atoms. The summed E-state index contributed by atoms with van der Waals surface area (Å²) in [6, 6.07) is 0. The molecule has 44 valence electrons. The van der Waals surface area contributed by atoms with E-state index in [1.807, 2.05) is 0 Å². The Morgan fingerprint density at radius 2 is 1.43 bits per heavy atom. The van der Waals surface area contributed by atoms with E-state index >= 15 is 0 Å². The quantitative estimate of drug-likeness (QED) is 0.471. The highest BCUT2D eigenvalue weighted by atomic mass is 35.5. The average molecular weight is 123 g/mol. The molecule has 7 heavy (non-hydrogen) atoms. The average Bonchev–Trinajstić information content (AvgIpc) is 1.72. The summed E-state index contributed by atoms with van der Waals surface area (Å²) < 4.78 is 0. The summed E-state index contributed by atoms with van der Waals surface area (Å²) >= 11 is 0. The van der Waals surface area contributed by atoms with E-state index < -0.39 is 0 Å². The zero-order valence-electron chi connectivity index (χ0n) is 4.52. The molecule has 2 heteroatoms. The molecule has 0 aromatic rings. The van der Waals surface area contributed by atoms with Crippen molar-refractivity contribution in [1.82, 2.24) is 0 Å². The molecule has 1 fully saturated rings. The lowest BCUT2D eigenvalue weighted by molar-refractivity contribution is -0.662. The Morgan fingerprint density at radius 3 is 1.57 bits per heavy atom. The van der Waals surface area contributed by atoms with Crippen LogP contribution in [-0.4, -0.2) is 13.1 Å². The number of nitrogens with two attached hydrogens (primary N) is 1. The molecular weight excluding hydrogens is 110 g/mol. The smallest absolute Gasteiger partial charge is 0.0755 e. The Bertz CT molecular complexity index is 23.6. The van der Waals surface area contributed by atoms with Crippen LogP contribution in [0.25, 0.3) is 0 Å². The van der Waals surface area contributed by atoms with Crippen LogP contribution >= 0.6 is 12.4 Å². The predicted octanol–water partition coefficient (Wildman–Crippen LogP) is 0.155. The van der Waals surface area contributed by atoms with Crippen molar-refractivity contribution in [2.75, 3.05) is 13.1 Å². The van der Waals surface area contributed by atoms with Crippen LogP contribution in [0, 0.1) is 0 Å². The summed E-state index contributed by atoms with van der Waals surface area (Å²) in [5, 5.41) is 2.39. The third kappa shape index (κ3) is 2.89. The highest BCUT2D eigenvalue weighted by molar-refractivity contribution is 5.85. The van der Waals surface area contributed by atoms with Crippen LogP contribution in [0.3, 0.4) is 0 Å². The molecule has 1 aliphatic rings. The number of halogens is 1. The van der Waals surface area contributed by atoms with Crippen molar-refractivity contribution in [3.05, 3.63) is 0 Å². The van der Waals surface area contributed by atoms with Crippen LogP contribution < -0.4 is 5.32 Å². The maximum absolute atomic E-state index is 2.39. The van der Waals surface area contributed by atoms with Crippen molar-refractivity contribution in [1.29, 1.82) is 0 Å². The fourth-order valence-electron chi connectivity index (χ4n) is 0.898. The molecule has 1 nitrogen and oxygen atoms in total. The Balaban J connectivity index is 0.000000360. The lowest BCUT2D eigenvalue weighted by Crippen LogP contribution is -2.85. The third-order valence-corrected chi connectivity index (χ3v) is 1.32. The Kier molecular flexibility index (Phi) is 4.57. The third-order valence-electron chi connectivity index (χ3n) is 1.32. The van der Waals surface area contributed by atoms with E-state index in [9.17, 15) is 0 Å². The van der Waals surface area contributed by atoms with E-state index in [4.69, 9.17) is 0 Å². The first-order valence-electron chi connectivity index (χ1n) is 2.82. The molecule has 0 amide bonds. The van der Waals surface area contributed by atoms with Gasteiger partial charge in [0.2, 0.25) is 0 Å². The van der Waals surface area contributed by atoms with Crippen LogP contribution in [0.15, 0.2) is 0 Å². The maximum atomic E-state index is 2.39. The first-order valence-corrected chi connectivity index (χ1v) is 2.82. The van der Waals surface area contributed by atoms with Crippen LogP contribution in [0.5, 0.6) is 0 Å². The first-order chi connectivity index (χ1) is 3.00. The van der Waals surface area contributed by atoms with E-state index in [0.717, 1.165) is 0 Å². The molecule has 0 atom stereocenters. The molecule has 1 heterocycles. The van der Waals surface area contributed by atoms with Gasteiger partial charge in [-0.2, -0.15) is 0 Å². The summed E-state index contributed by atoms with van der Waals surface area (Å²) in [5.74, 6) is 0. The number of piperidine rings is 1. The fourth-order valence-corrected chi connectivity index (χ4v) is 0.898. The molecule has 0 unspecified atom stereocenters. The molecule has 0 aromatic heterocycles. The number of quaternary nitrogens is 1. The van der Waals surface area contributed by atoms with Gasteiger partial charge in [0, 0.05) is 0 Å². The van der Waals surface area contributed by atoms with Crippen molar-refractivity contribution in [3.63, 3.8) is 0 Å². The van der Waals surface area contributed by atoms with Gasteiger partial charge in [0.1, 0.15) is 0 Å². The minimum absolute atomic E-state index is 0. The number of rotatable bonds is 0. The molecule has 1 rings (SSSR count). The predicted molar refractivity (Wildman–Crippen MR) is 32.8 cm³/mol. The maximum Gasteiger partial charge on any atom is 0.0755 e. The van der Waals surface area contributed by atoms with E-state index in [2.05, 4.69) is 5.32 Å². The van der Waals surface area contributed by atoms with E-state index in [-0.39, 0.29) is 12.4 Å². The molecular formula is C5H13ClN+. The van der Waals surface area contributed by atoms with Gasteiger partial charge < -0.3 is 5.32 Å². The van der Waals surface area contributed by atoms with Crippen molar-refractivity contribution in [2.24, 2.45) is 0 Å². The van der Waals surface area contributed by atoms with Gasteiger partial charge in [0.25, 0.3) is 0 Å². The number of hydrogen-bond donors (Lipinski definition) is 1. The van der Waals surface area contributed by atoms with Crippen molar-refractivity contribution >= 4 is 12.4 Å². The van der Waals surface area contributed by atoms with Crippen LogP contribution in [0.2, 0.25) is 0 Å². The van der Waals surface area contributed by atoms with Crippen molar-refractivity contribution in [3.8, 4) is 0 Å². The van der Waals surface area contributed by atoms with E-state index in [1.165, 1.54) is 32.4 Å². The standard InChI is InChI=1S/C5H11N.ClH/c1-2-4-6-5-3-1;/h6H,1-5H2;1H/p+1. The van der Waals surface area contributed by atoms with Gasteiger partial charge >= 0.3 is 0 Å². The topological polar surface area (TPSA) is 16.6 Å². The van der Waals surface area contributed by atoms with Gasteiger partial charge in [-0.1, -0.05) is 0 Å². The van der Waals surface area contributed by atoms with Crippen LogP contribution in [0.1, 0.15) is 19.3 Å². The van der Waals surface area contributed by atoms with Crippen molar-refractivity contribution in [2.45, 2.75) is 19.3 Å². The number of hydrogen-bond acceptors (Lipinski definition) is 0. The molecule has 0 radical (unpaired) electrons. The van der Waals surface area contributed by atoms with Gasteiger partial charge in [-0.3, -0.25) is 0 Å². The molecule has 0 saturated carbocycles. The van der Waals surface area contributed by atoms with Gasteiger partial charge in [0.05, 0.1) is 13.1 Å². The van der Waals surface area contributed by atoms with Gasteiger partial charge in [-0.05, 0) is 19.3 Å². The highest BCUT2D eigenvalue weighted by Crippen LogP contribution is 1.91. The lowest BCUT2D eigenvalue weighted by Gasteiger charge is -2.05. The normalized spacial score (nSPS) is 20.6. The minimum atomic E-state index is 0. The van der Waals surface area contributed by atoms with Crippen molar-refractivity contribution < 1.29 is 5.32 Å². The molecule has 0 bridgehead atoms. The summed E-state index contributed by atoms with van der Waals surface area (Å²) in [5.41, 5.74) is 0. The Morgan fingerprint density at radius 1 is 0.857 bits per heavy atom. The van der Waals surface area contributed by atoms with Crippen LogP contribution in [0.4, 0.5) is 0 Å². The highest BCUT2D eigenvalue weighted by Gasteiger charge is 1.97. The molecule has 0 aromatic carbocycles. The molecule has 0 aliphatic carbocycles. The fraction of sp³-hybridized carbons (Fsp3) is 1.00. The second kappa shape index (κ2) is 4.41. The van der Waals surface area contributed by atoms with Crippen LogP contribution in [-0.2, 0) is 0 Å². The zero-order chi connectivity index (χ0) is 4.24. The SMILES string of the molecule is C1CC[NH2+]CC1.Cl. The van der Waals surface area contributed by atoms with E-state index in [1.54, 1.807) is 0 Å². The molecule has 2 N–H and O–H groups in total. The van der Waals surface area contributed by atoms with Gasteiger partial charge in [-0.25, -0.2) is 0 Å². The van der Waals surface area contributed by atoms with E-state index in [0.29, 0.717) is 0 Å². The minimum Gasteiger partial charge on any atom is -0.346 e. The monoisotopic (exact) mass is 122 g/mol. The zero-order valence-corrected chi connectivity index (χ0v) is 5.34. The van der Waals surface area contributed by atoms with Gasteiger partial charge in [0.15, 0.2) is 0 Å². The second-order valence-corrected chi connectivity index (χ2v) is 1.93. The van der Waals surface area contributed by atoms with Gasteiger partial charge in [-0.15, -0.1) is 12.4 Å². The second-order valence-electron chi connectivity index (χ2n) is 1.93. The summed E-state index contributed by atoms with van der Waals surface area (Å²) in [4.78, 5) is 0. The summed E-state index contributed by atoms with van der Waals surface area (Å²) in [6.45, 7) is 2.75. The first kappa shape index (κ1) is 7.25. The largest absolute Gasteiger partial charge is 0.346 e. The Hall–Kier alpha value is 0.250. The lowest BCUT2D eigenvalue weighted by atomic mass is 10.2. The summed E-state index contributed by atoms with van der Waals surface area (Å²) in [7, 11) is 0.